The molecule has 0 radical (unpaired) electrons. The molecule has 1 heterocycles. The molecule has 0 amide bonds. The zero-order chi connectivity index (χ0) is 14.0. The third kappa shape index (κ3) is 2.77. The van der Waals surface area contributed by atoms with Crippen LogP contribution >= 0.6 is 11.8 Å². The van der Waals surface area contributed by atoms with Crippen LogP contribution in [0.25, 0.3) is 0 Å². The molecule has 0 spiro atoms. The third-order valence-electron chi connectivity index (χ3n) is 3.05. The number of nitrogens with zero attached hydrogens (tertiary/aromatic N) is 1. The van der Waals surface area contributed by atoms with Gasteiger partial charge in [0.1, 0.15) is 17.2 Å². The lowest BCUT2D eigenvalue weighted by Crippen LogP contribution is -2.38. The van der Waals surface area contributed by atoms with Crippen molar-refractivity contribution in [2.24, 2.45) is 0 Å². The predicted molar refractivity (Wildman–Crippen MR) is 67.6 cm³/mol. The van der Waals surface area contributed by atoms with Crippen LogP contribution < -0.4 is 0 Å². The van der Waals surface area contributed by atoms with Gasteiger partial charge in [0.25, 0.3) is 0 Å². The lowest BCUT2D eigenvalue weighted by molar-refractivity contribution is -0.132. The van der Waals surface area contributed by atoms with Gasteiger partial charge in [-0.2, -0.15) is 5.26 Å². The number of aliphatic carboxylic acids is 1. The van der Waals surface area contributed by atoms with Crippen molar-refractivity contribution < 1.29 is 24.0 Å². The second-order valence-corrected chi connectivity index (χ2v) is 5.47. The minimum absolute atomic E-state index is 0.0373. The minimum atomic E-state index is -1.39. The van der Waals surface area contributed by atoms with Crippen molar-refractivity contribution in [2.75, 3.05) is 5.75 Å². The van der Waals surface area contributed by atoms with Gasteiger partial charge >= 0.3 is 13.1 Å². The van der Waals surface area contributed by atoms with Crippen LogP contribution in [-0.2, 0) is 9.45 Å². The molecular weight excluding hydrogens is 272 g/mol. The standard InChI is InChI=1S/C11H11BFNO4S/c13-7-2-1-6-5-8(19-4-3-14)12(17)18-10(6)9(7)11(15)16/h8,17H,1-2,4-5H2,(H,15,16)/t8-/m0/s1. The van der Waals surface area contributed by atoms with Crippen LogP contribution in [0.1, 0.15) is 19.3 Å². The second-order valence-electron chi connectivity index (χ2n) is 4.24. The monoisotopic (exact) mass is 283 g/mol. The van der Waals surface area contributed by atoms with Gasteiger partial charge in [-0.3, -0.25) is 0 Å². The van der Waals surface area contributed by atoms with Crippen molar-refractivity contribution >= 4 is 24.8 Å². The highest BCUT2D eigenvalue weighted by molar-refractivity contribution is 8.01. The van der Waals surface area contributed by atoms with E-state index in [0.29, 0.717) is 18.4 Å². The van der Waals surface area contributed by atoms with E-state index in [1.165, 1.54) is 11.8 Å². The summed E-state index contributed by atoms with van der Waals surface area (Å²) in [4.78, 5) is 11.0. The van der Waals surface area contributed by atoms with E-state index in [4.69, 9.17) is 15.0 Å². The second kappa shape index (κ2) is 5.67. The molecule has 0 aromatic carbocycles. The van der Waals surface area contributed by atoms with Gasteiger partial charge in [0, 0.05) is 6.42 Å². The van der Waals surface area contributed by atoms with Gasteiger partial charge in [-0.25, -0.2) is 9.18 Å². The molecule has 5 nitrogen and oxygen atoms in total. The number of allylic oxidation sites excluding steroid dienone is 2. The molecule has 2 aliphatic rings. The molecule has 8 heteroatoms. The molecule has 1 aliphatic carbocycles. The Labute approximate surface area is 113 Å². The van der Waals surface area contributed by atoms with Gasteiger partial charge in [0.15, 0.2) is 0 Å². The van der Waals surface area contributed by atoms with Crippen LogP contribution in [0.5, 0.6) is 0 Å². The van der Waals surface area contributed by atoms with Gasteiger partial charge in [-0.1, -0.05) is 0 Å². The Morgan fingerprint density at radius 1 is 1.63 bits per heavy atom. The highest BCUT2D eigenvalue weighted by atomic mass is 32.2. The summed E-state index contributed by atoms with van der Waals surface area (Å²) in [6.07, 6.45) is 0.830. The maximum absolute atomic E-state index is 13.6. The van der Waals surface area contributed by atoms with Gasteiger partial charge < -0.3 is 14.8 Å². The Balaban J connectivity index is 2.26. The largest absolute Gasteiger partial charge is 0.536 e. The minimum Gasteiger partial charge on any atom is -0.535 e. The highest BCUT2D eigenvalue weighted by Gasteiger charge is 2.41. The molecule has 0 bridgehead atoms. The van der Waals surface area contributed by atoms with Crippen LogP contribution in [0.4, 0.5) is 4.39 Å². The number of halogens is 1. The molecule has 0 fully saturated rings. The Morgan fingerprint density at radius 2 is 2.37 bits per heavy atom. The first-order chi connectivity index (χ1) is 9.04. The Morgan fingerprint density at radius 3 is 3.00 bits per heavy atom. The fourth-order valence-electron chi connectivity index (χ4n) is 2.18. The molecular formula is C11H11BFNO4S. The normalized spacial score (nSPS) is 22.8. The fraction of sp³-hybridized carbons (Fsp3) is 0.455. The van der Waals surface area contributed by atoms with E-state index in [-0.39, 0.29) is 23.1 Å². The molecule has 0 aromatic heterocycles. The number of thioether (sulfide) groups is 1. The first-order valence-corrected chi connectivity index (χ1v) is 6.77. The Bertz CT molecular complexity index is 513. The predicted octanol–water partition coefficient (Wildman–Crippen LogP) is 1.41. The Hall–Kier alpha value is -1.46. The SMILES string of the molecule is N#CCS[C@H]1CC2=C(OB1O)C(C(=O)O)=C(F)CC2. The number of carbonyl (C=O) groups is 1. The average Bonchev–Trinajstić information content (AvgIpc) is 2.36. The maximum atomic E-state index is 13.6. The summed E-state index contributed by atoms with van der Waals surface area (Å²) < 4.78 is 18.7. The van der Waals surface area contributed by atoms with Crippen molar-refractivity contribution in [3.63, 3.8) is 0 Å². The fourth-order valence-corrected chi connectivity index (χ4v) is 3.00. The molecule has 0 unspecified atom stereocenters. The highest BCUT2D eigenvalue weighted by Crippen LogP contribution is 2.40. The number of hydrogen-bond donors (Lipinski definition) is 2. The first-order valence-electron chi connectivity index (χ1n) is 5.72. The molecule has 100 valence electrons. The topological polar surface area (TPSA) is 90.5 Å². The van der Waals surface area contributed by atoms with E-state index < -0.39 is 24.5 Å². The number of nitriles is 1. The van der Waals surface area contributed by atoms with E-state index in [9.17, 15) is 14.2 Å². The summed E-state index contributed by atoms with van der Waals surface area (Å²) in [6.45, 7) is 0. The summed E-state index contributed by atoms with van der Waals surface area (Å²) in [5, 5.41) is 27.0. The molecule has 2 rings (SSSR count). The number of hydrogen-bond acceptors (Lipinski definition) is 5. The van der Waals surface area contributed by atoms with Crippen molar-refractivity contribution in [1.29, 1.82) is 5.26 Å². The molecule has 0 saturated carbocycles. The molecule has 2 N–H and O–H groups in total. The summed E-state index contributed by atoms with van der Waals surface area (Å²) in [5.41, 5.74) is 0.212. The molecule has 1 aliphatic heterocycles. The number of carboxylic acids is 1. The molecule has 19 heavy (non-hydrogen) atoms. The summed E-state index contributed by atoms with van der Waals surface area (Å²) in [7, 11) is -1.22. The van der Waals surface area contributed by atoms with Crippen LogP contribution in [-0.4, -0.2) is 34.1 Å². The summed E-state index contributed by atoms with van der Waals surface area (Å²) in [6, 6.07) is 1.96. The molecule has 0 saturated heterocycles. The zero-order valence-corrected chi connectivity index (χ0v) is 10.7. The summed E-state index contributed by atoms with van der Waals surface area (Å²) >= 11 is 1.24. The molecule has 1 atom stereocenters. The quantitative estimate of drug-likeness (QED) is 0.761. The van der Waals surface area contributed by atoms with Crippen LogP contribution in [0.2, 0.25) is 0 Å². The lowest BCUT2D eigenvalue weighted by Gasteiger charge is -2.31. The van der Waals surface area contributed by atoms with E-state index in [2.05, 4.69) is 0 Å². The van der Waals surface area contributed by atoms with Gasteiger partial charge in [-0.05, 0) is 18.4 Å². The van der Waals surface area contributed by atoms with Crippen molar-refractivity contribution in [3.8, 4) is 6.07 Å². The van der Waals surface area contributed by atoms with Crippen LogP contribution in [0.3, 0.4) is 0 Å². The number of carboxylic acid groups (broad SMARTS) is 1. The van der Waals surface area contributed by atoms with Crippen LogP contribution in [0, 0.1) is 11.3 Å². The van der Waals surface area contributed by atoms with E-state index in [1.807, 2.05) is 6.07 Å². The zero-order valence-electron chi connectivity index (χ0n) is 9.93. The van der Waals surface area contributed by atoms with E-state index in [1.54, 1.807) is 0 Å². The third-order valence-corrected chi connectivity index (χ3v) is 4.17. The van der Waals surface area contributed by atoms with E-state index in [0.717, 1.165) is 0 Å². The van der Waals surface area contributed by atoms with Gasteiger partial charge in [0.05, 0.1) is 17.0 Å². The van der Waals surface area contributed by atoms with Crippen molar-refractivity contribution in [2.45, 2.75) is 24.4 Å². The smallest absolute Gasteiger partial charge is 0.535 e. The average molecular weight is 283 g/mol. The first kappa shape index (κ1) is 14.0. The number of rotatable bonds is 3. The van der Waals surface area contributed by atoms with Gasteiger partial charge in [-0.15, -0.1) is 11.8 Å². The Kier molecular flexibility index (Phi) is 4.17. The summed E-state index contributed by atoms with van der Waals surface area (Å²) in [5.74, 6) is -1.94. The van der Waals surface area contributed by atoms with Crippen LogP contribution in [0.15, 0.2) is 22.7 Å². The van der Waals surface area contributed by atoms with Crippen molar-refractivity contribution in [3.05, 3.63) is 22.7 Å². The molecule has 0 aromatic rings. The van der Waals surface area contributed by atoms with Crippen molar-refractivity contribution in [1.82, 2.24) is 0 Å². The van der Waals surface area contributed by atoms with E-state index >= 15 is 0 Å². The lowest BCUT2D eigenvalue weighted by atomic mass is 9.75. The maximum Gasteiger partial charge on any atom is 0.536 e. The van der Waals surface area contributed by atoms with Gasteiger partial charge in [0.2, 0.25) is 0 Å².